The van der Waals surface area contributed by atoms with Gasteiger partial charge in [-0.3, -0.25) is 0 Å². The highest BCUT2D eigenvalue weighted by atomic mass is 15.0. The summed E-state index contributed by atoms with van der Waals surface area (Å²) in [4.78, 5) is 18.0. The lowest BCUT2D eigenvalue weighted by Gasteiger charge is -2.20. The molecule has 13 rings (SSSR count). The molecule has 8 heteroatoms. The Bertz CT molecular complexity index is 4570. The molecule has 0 atom stereocenters. The lowest BCUT2D eigenvalue weighted by atomic mass is 9.98. The van der Waals surface area contributed by atoms with Gasteiger partial charge in [-0.25, -0.2) is 19.7 Å². The second kappa shape index (κ2) is 18.5. The van der Waals surface area contributed by atoms with Gasteiger partial charge in [0.15, 0.2) is 17.2 Å². The van der Waals surface area contributed by atoms with Crippen LogP contribution < -0.4 is 0 Å². The summed E-state index contributed by atoms with van der Waals surface area (Å²) in [7, 11) is 0. The third-order valence-electron chi connectivity index (χ3n) is 14.2. The SMILES string of the molecule is [C-]#[N+]c1cc([N+]#[C-])cc(-c2ccc3c(c2)c2ccccc2n3-c2cc(-c3nc(-c4ccccc4)cc(-c4ccccc4)n3)ccc2-c2ccccc2-n2c3ccccc3c3cc(-c4cc(C#N)cc(C#N)c4)ccc32)c1. The van der Waals surface area contributed by atoms with E-state index in [9.17, 15) is 10.5 Å². The van der Waals surface area contributed by atoms with Crippen molar-refractivity contribution in [3.8, 4) is 90.8 Å². The van der Waals surface area contributed by atoms with Gasteiger partial charge >= 0.3 is 0 Å². The Morgan fingerprint density at radius 1 is 0.342 bits per heavy atom. The largest absolute Gasteiger partial charge is 0.309 e. The Labute approximate surface area is 437 Å². The molecule has 0 saturated heterocycles. The first kappa shape index (κ1) is 44.8. The minimum Gasteiger partial charge on any atom is -0.309 e. The van der Waals surface area contributed by atoms with Gasteiger partial charge in [-0.1, -0.05) is 158 Å². The van der Waals surface area contributed by atoms with Crippen molar-refractivity contribution in [2.45, 2.75) is 0 Å². The molecule has 0 amide bonds. The first-order valence-corrected chi connectivity index (χ1v) is 24.6. The molecule has 0 unspecified atom stereocenters. The maximum Gasteiger partial charge on any atom is 0.177 e. The second-order valence-electron chi connectivity index (χ2n) is 18.6. The van der Waals surface area contributed by atoms with E-state index in [1.54, 1.807) is 12.1 Å². The molecule has 0 spiro atoms. The molecule has 13 aromatic rings. The molecular weight excluding hydrogens is 929 g/mol. The number of nitriles is 2. The fourth-order valence-electron chi connectivity index (χ4n) is 10.7. The lowest BCUT2D eigenvalue weighted by molar-refractivity contribution is 1.15. The van der Waals surface area contributed by atoms with E-state index in [0.717, 1.165) is 116 Å². The summed E-state index contributed by atoms with van der Waals surface area (Å²) in [6.45, 7) is 15.6. The second-order valence-corrected chi connectivity index (χ2v) is 18.6. The van der Waals surface area contributed by atoms with Gasteiger partial charge in [0.05, 0.1) is 81.2 Å². The zero-order chi connectivity index (χ0) is 51.3. The number of benzene rings is 10. The Hall–Kier alpha value is -11.2. The summed E-state index contributed by atoms with van der Waals surface area (Å²) >= 11 is 0. The van der Waals surface area contributed by atoms with Crippen LogP contribution in [0.1, 0.15) is 11.1 Å². The van der Waals surface area contributed by atoms with Gasteiger partial charge in [0.25, 0.3) is 0 Å². The van der Waals surface area contributed by atoms with Gasteiger partial charge in [-0.15, -0.1) is 0 Å². The van der Waals surface area contributed by atoms with Crippen LogP contribution in [0.3, 0.4) is 0 Å². The highest BCUT2D eigenvalue weighted by molar-refractivity contribution is 6.13. The van der Waals surface area contributed by atoms with E-state index in [1.165, 1.54) is 0 Å². The van der Waals surface area contributed by atoms with E-state index >= 15 is 0 Å². The first-order valence-electron chi connectivity index (χ1n) is 24.6. The molecule has 3 heterocycles. The van der Waals surface area contributed by atoms with Crippen molar-refractivity contribution in [3.63, 3.8) is 0 Å². The lowest BCUT2D eigenvalue weighted by Crippen LogP contribution is -2.03. The Balaban J connectivity index is 1.07. The first-order chi connectivity index (χ1) is 37.5. The van der Waals surface area contributed by atoms with E-state index in [2.05, 4.69) is 189 Å². The average Bonchev–Trinajstić information content (AvgIpc) is 4.06. The van der Waals surface area contributed by atoms with Crippen molar-refractivity contribution in [1.29, 1.82) is 10.5 Å². The van der Waals surface area contributed by atoms with Crippen molar-refractivity contribution in [2.24, 2.45) is 0 Å². The molecule has 0 saturated carbocycles. The standard InChI is InChI=1S/C68H38N8/c1-71-52-34-51(35-53(39-52)72-2)48-27-30-66-59(37-48)56-21-11-14-24-64(56)76(66)67-38-49(68-73-60(45-15-5-3-6-16-45)40-61(74-68)46-17-7-4-8-18-46)25-28-57(67)54-19-9-12-22-62(54)75-63-23-13-10-20-55(63)58-36-47(26-29-65(58)75)50-32-43(41-69)31-44(33-50)42-70/h3-40H. The van der Waals surface area contributed by atoms with Crippen LogP contribution in [0.25, 0.3) is 132 Å². The number of hydrogen-bond donors (Lipinski definition) is 0. The maximum atomic E-state index is 9.86. The third kappa shape index (κ3) is 7.68. The van der Waals surface area contributed by atoms with Crippen molar-refractivity contribution >= 4 is 55.0 Å². The van der Waals surface area contributed by atoms with Crippen LogP contribution in [0.15, 0.2) is 231 Å². The average molecular weight is 967 g/mol. The zero-order valence-electron chi connectivity index (χ0n) is 40.5. The predicted molar refractivity (Wildman–Crippen MR) is 305 cm³/mol. The molecule has 10 aromatic carbocycles. The summed E-state index contributed by atoms with van der Waals surface area (Å²) in [6.07, 6.45) is 0. The molecule has 0 aliphatic rings. The van der Waals surface area contributed by atoms with E-state index < -0.39 is 0 Å². The van der Waals surface area contributed by atoms with Gasteiger partial charge in [-0.05, 0) is 95.1 Å². The van der Waals surface area contributed by atoms with E-state index in [1.807, 2.05) is 60.7 Å². The molecule has 76 heavy (non-hydrogen) atoms. The molecule has 3 aromatic heterocycles. The molecule has 0 fully saturated rings. The normalized spacial score (nSPS) is 11.1. The Kier molecular flexibility index (Phi) is 10.9. The van der Waals surface area contributed by atoms with Crippen LogP contribution in [0, 0.1) is 35.8 Å². The predicted octanol–water partition coefficient (Wildman–Crippen LogP) is 17.5. The van der Waals surface area contributed by atoms with Crippen molar-refractivity contribution in [1.82, 2.24) is 19.1 Å². The van der Waals surface area contributed by atoms with Gasteiger partial charge in [0.1, 0.15) is 0 Å². The fraction of sp³-hybridized carbons (Fsp3) is 0. The van der Waals surface area contributed by atoms with Gasteiger partial charge in [-0.2, -0.15) is 10.5 Å². The van der Waals surface area contributed by atoms with Crippen LogP contribution in [0.2, 0.25) is 0 Å². The topological polar surface area (TPSA) is 91.9 Å². The molecule has 0 bridgehead atoms. The Morgan fingerprint density at radius 3 is 1.36 bits per heavy atom. The summed E-state index contributed by atoms with van der Waals surface area (Å²) in [5.41, 5.74) is 17.4. The smallest absolute Gasteiger partial charge is 0.177 e. The Morgan fingerprint density at radius 2 is 0.803 bits per heavy atom. The molecule has 0 N–H and O–H groups in total. The zero-order valence-corrected chi connectivity index (χ0v) is 40.5. The van der Waals surface area contributed by atoms with Crippen molar-refractivity contribution < 1.29 is 0 Å². The van der Waals surface area contributed by atoms with Crippen LogP contribution in [0.5, 0.6) is 0 Å². The van der Waals surface area contributed by atoms with Crippen LogP contribution in [-0.4, -0.2) is 19.1 Å². The van der Waals surface area contributed by atoms with E-state index in [0.29, 0.717) is 28.3 Å². The molecular formula is C68H38N8. The van der Waals surface area contributed by atoms with Gasteiger partial charge in [0.2, 0.25) is 0 Å². The summed E-state index contributed by atoms with van der Waals surface area (Å²) in [6, 6.07) is 82.2. The monoisotopic (exact) mass is 966 g/mol. The fourth-order valence-corrected chi connectivity index (χ4v) is 10.7. The molecule has 8 nitrogen and oxygen atoms in total. The van der Waals surface area contributed by atoms with Gasteiger partial charge < -0.3 is 9.13 Å². The number of rotatable bonds is 8. The maximum absolute atomic E-state index is 9.86. The van der Waals surface area contributed by atoms with Crippen LogP contribution in [0.4, 0.5) is 11.4 Å². The minimum absolute atomic E-state index is 0.420. The minimum atomic E-state index is 0.420. The number of para-hydroxylation sites is 3. The van der Waals surface area contributed by atoms with Crippen molar-refractivity contribution in [2.75, 3.05) is 0 Å². The number of hydrogen-bond acceptors (Lipinski definition) is 4. The molecule has 0 radical (unpaired) electrons. The highest BCUT2D eigenvalue weighted by Gasteiger charge is 2.23. The number of aromatic nitrogens is 4. The third-order valence-corrected chi connectivity index (χ3v) is 14.2. The van der Waals surface area contributed by atoms with Crippen LogP contribution in [-0.2, 0) is 0 Å². The highest BCUT2D eigenvalue weighted by Crippen LogP contribution is 2.44. The quantitative estimate of drug-likeness (QED) is 0.142. The molecule has 0 aliphatic heterocycles. The number of fused-ring (bicyclic) bond motifs is 6. The van der Waals surface area contributed by atoms with Gasteiger partial charge in [0, 0.05) is 49.4 Å². The molecule has 350 valence electrons. The summed E-state index contributed by atoms with van der Waals surface area (Å²) < 4.78 is 4.67. The van der Waals surface area contributed by atoms with E-state index in [4.69, 9.17) is 23.1 Å². The van der Waals surface area contributed by atoms with E-state index in [-0.39, 0.29) is 0 Å². The summed E-state index contributed by atoms with van der Waals surface area (Å²) in [5.74, 6) is 0.583. The number of nitrogens with zero attached hydrogens (tertiary/aromatic N) is 8. The van der Waals surface area contributed by atoms with Crippen molar-refractivity contribution in [3.05, 3.63) is 264 Å². The van der Waals surface area contributed by atoms with Crippen LogP contribution >= 0.6 is 0 Å². The summed E-state index contributed by atoms with van der Waals surface area (Å²) in [5, 5.41) is 23.9. The molecule has 0 aliphatic carbocycles.